The van der Waals surface area contributed by atoms with Crippen LogP contribution in [0, 0.1) is 12.7 Å². The molecular formula is C19H18ClFN4O3. The number of piperidine rings is 1. The van der Waals surface area contributed by atoms with Crippen LogP contribution in [0.2, 0.25) is 5.02 Å². The van der Waals surface area contributed by atoms with Crippen molar-refractivity contribution in [3.63, 3.8) is 0 Å². The maximum Gasteiger partial charge on any atom is 0.261 e. The Bertz CT molecular complexity index is 1040. The van der Waals surface area contributed by atoms with Crippen molar-refractivity contribution in [2.75, 3.05) is 31.2 Å². The average molecular weight is 405 g/mol. The quantitative estimate of drug-likeness (QED) is 0.644. The molecule has 0 radical (unpaired) electrons. The van der Waals surface area contributed by atoms with Crippen molar-refractivity contribution in [2.24, 2.45) is 0 Å². The van der Waals surface area contributed by atoms with E-state index in [1.54, 1.807) is 19.1 Å². The van der Waals surface area contributed by atoms with Crippen molar-refractivity contribution in [1.82, 2.24) is 15.1 Å². The summed E-state index contributed by atoms with van der Waals surface area (Å²) < 4.78 is 31.5. The summed E-state index contributed by atoms with van der Waals surface area (Å²) in [5.41, 5.74) is 0.909. The Balaban J connectivity index is 1.60. The summed E-state index contributed by atoms with van der Waals surface area (Å²) in [5, 5.41) is 4.77. The molecule has 3 aromatic rings. The Hall–Kier alpha value is -2.29. The van der Waals surface area contributed by atoms with Gasteiger partial charge in [-0.05, 0) is 25.1 Å². The van der Waals surface area contributed by atoms with Crippen LogP contribution >= 0.6 is 11.6 Å². The van der Waals surface area contributed by atoms with Crippen molar-refractivity contribution in [1.29, 1.82) is 0 Å². The molecule has 2 saturated heterocycles. The molecular weight excluding hydrogens is 387 g/mol. The van der Waals surface area contributed by atoms with Crippen LogP contribution in [0.15, 0.2) is 22.7 Å². The predicted octanol–water partition coefficient (Wildman–Crippen LogP) is 3.73. The first-order valence-electron chi connectivity index (χ1n) is 9.16. The minimum atomic E-state index is -0.507. The Kier molecular flexibility index (Phi) is 4.22. The van der Waals surface area contributed by atoms with Crippen LogP contribution in [-0.2, 0) is 9.47 Å². The predicted molar refractivity (Wildman–Crippen MR) is 101 cm³/mol. The number of anilines is 1. The molecule has 1 spiro atoms. The van der Waals surface area contributed by atoms with Gasteiger partial charge in [-0.25, -0.2) is 9.37 Å². The highest BCUT2D eigenvalue weighted by molar-refractivity contribution is 6.31. The topological polar surface area (TPSA) is 73.5 Å². The third-order valence-electron chi connectivity index (χ3n) is 5.21. The van der Waals surface area contributed by atoms with Gasteiger partial charge in [0.2, 0.25) is 0 Å². The van der Waals surface area contributed by atoms with Gasteiger partial charge in [0, 0.05) is 36.3 Å². The lowest BCUT2D eigenvalue weighted by Gasteiger charge is -2.38. The lowest BCUT2D eigenvalue weighted by atomic mass is 10.0. The van der Waals surface area contributed by atoms with E-state index in [-0.39, 0.29) is 5.52 Å². The van der Waals surface area contributed by atoms with E-state index in [2.05, 4.69) is 20.0 Å². The summed E-state index contributed by atoms with van der Waals surface area (Å²) in [7, 11) is 0. The Labute approximate surface area is 165 Å². The molecule has 4 heterocycles. The van der Waals surface area contributed by atoms with Crippen molar-refractivity contribution in [2.45, 2.75) is 25.6 Å². The summed E-state index contributed by atoms with van der Waals surface area (Å²) in [6, 6.07) is 4.74. The van der Waals surface area contributed by atoms with Gasteiger partial charge in [-0.3, -0.25) is 0 Å². The zero-order valence-corrected chi connectivity index (χ0v) is 16.0. The number of ether oxygens (including phenoxy) is 2. The first kappa shape index (κ1) is 17.8. The minimum absolute atomic E-state index is 0.257. The van der Waals surface area contributed by atoms with Crippen LogP contribution in [0.25, 0.3) is 22.4 Å². The second-order valence-electron chi connectivity index (χ2n) is 7.06. The normalized spacial score (nSPS) is 19.0. The fourth-order valence-electron chi connectivity index (χ4n) is 3.85. The van der Waals surface area contributed by atoms with Crippen LogP contribution < -0.4 is 4.90 Å². The van der Waals surface area contributed by atoms with E-state index in [0.717, 1.165) is 0 Å². The second kappa shape index (κ2) is 6.65. The Morgan fingerprint density at radius 3 is 2.54 bits per heavy atom. The zero-order valence-electron chi connectivity index (χ0n) is 15.2. The lowest BCUT2D eigenvalue weighted by Crippen LogP contribution is -2.45. The summed E-state index contributed by atoms with van der Waals surface area (Å²) in [6.07, 6.45) is 1.41. The van der Waals surface area contributed by atoms with Gasteiger partial charge in [0.25, 0.3) is 5.89 Å². The van der Waals surface area contributed by atoms with Gasteiger partial charge in [0.05, 0.1) is 18.8 Å². The van der Waals surface area contributed by atoms with Gasteiger partial charge >= 0.3 is 0 Å². The first-order valence-corrected chi connectivity index (χ1v) is 9.54. The second-order valence-corrected chi connectivity index (χ2v) is 7.50. The molecule has 0 amide bonds. The molecule has 2 aromatic heterocycles. The van der Waals surface area contributed by atoms with Gasteiger partial charge < -0.3 is 18.9 Å². The fraction of sp³-hybridized carbons (Fsp3) is 0.421. The number of benzene rings is 1. The summed E-state index contributed by atoms with van der Waals surface area (Å²) in [5.74, 6) is 0.491. The van der Waals surface area contributed by atoms with Gasteiger partial charge in [0.15, 0.2) is 17.4 Å². The van der Waals surface area contributed by atoms with Gasteiger partial charge in [-0.1, -0.05) is 16.8 Å². The number of aromatic nitrogens is 3. The van der Waals surface area contributed by atoms with Crippen LogP contribution in [0.5, 0.6) is 0 Å². The number of halogens is 2. The van der Waals surface area contributed by atoms with E-state index in [9.17, 15) is 4.39 Å². The molecule has 1 aromatic carbocycles. The number of fused-ring (bicyclic) bond motifs is 1. The molecule has 0 N–H and O–H groups in total. The number of nitrogens with zero attached hydrogens (tertiary/aromatic N) is 4. The van der Waals surface area contributed by atoms with Crippen LogP contribution in [0.4, 0.5) is 10.2 Å². The van der Waals surface area contributed by atoms with E-state index in [1.165, 1.54) is 6.07 Å². The summed E-state index contributed by atoms with van der Waals surface area (Å²) in [6.45, 7) is 4.30. The van der Waals surface area contributed by atoms with Gasteiger partial charge in [0.1, 0.15) is 11.3 Å². The Morgan fingerprint density at radius 1 is 1.11 bits per heavy atom. The first-order chi connectivity index (χ1) is 13.5. The van der Waals surface area contributed by atoms with Crippen molar-refractivity contribution < 1.29 is 18.4 Å². The molecule has 0 bridgehead atoms. The Morgan fingerprint density at radius 2 is 1.86 bits per heavy atom. The van der Waals surface area contributed by atoms with Crippen LogP contribution in [0.3, 0.4) is 0 Å². The van der Waals surface area contributed by atoms with Gasteiger partial charge in [-0.15, -0.1) is 0 Å². The summed E-state index contributed by atoms with van der Waals surface area (Å²) in [4.78, 5) is 11.0. The van der Waals surface area contributed by atoms with Crippen LogP contribution in [-0.4, -0.2) is 47.2 Å². The molecule has 2 fully saturated rings. The molecule has 5 rings (SSSR count). The third-order valence-corrected chi connectivity index (χ3v) is 5.43. The maximum absolute atomic E-state index is 14.5. The summed E-state index contributed by atoms with van der Waals surface area (Å²) >= 11 is 6.03. The van der Waals surface area contributed by atoms with Crippen LogP contribution in [0.1, 0.15) is 18.7 Å². The van der Waals surface area contributed by atoms with Gasteiger partial charge in [-0.2, -0.15) is 4.98 Å². The molecule has 28 heavy (non-hydrogen) atoms. The van der Waals surface area contributed by atoms with E-state index in [1.807, 2.05) is 0 Å². The highest BCUT2D eigenvalue weighted by Crippen LogP contribution is 2.38. The number of aryl methyl sites for hydroxylation is 1. The number of hydrogen-bond donors (Lipinski definition) is 0. The SMILES string of the molecule is Cc1noc(-c2cc3cc(Cl)cc(F)c3nc2N2CCC3(CC2)OCCO3)n1. The molecule has 9 heteroatoms. The molecule has 0 saturated carbocycles. The molecule has 7 nitrogen and oxygen atoms in total. The largest absolute Gasteiger partial charge is 0.356 e. The highest BCUT2D eigenvalue weighted by Gasteiger charge is 2.40. The molecule has 2 aliphatic rings. The minimum Gasteiger partial charge on any atom is -0.356 e. The molecule has 0 aliphatic carbocycles. The van der Waals surface area contributed by atoms with Crippen molar-refractivity contribution in [3.8, 4) is 11.5 Å². The lowest BCUT2D eigenvalue weighted by molar-refractivity contribution is -0.169. The van der Waals surface area contributed by atoms with Crippen molar-refractivity contribution in [3.05, 3.63) is 34.9 Å². The van der Waals surface area contributed by atoms with Crippen molar-refractivity contribution >= 4 is 28.3 Å². The molecule has 0 atom stereocenters. The monoisotopic (exact) mass is 404 g/mol. The maximum atomic E-state index is 14.5. The number of hydrogen-bond acceptors (Lipinski definition) is 7. The zero-order chi connectivity index (χ0) is 19.3. The standard InChI is InChI=1S/C19H18ClFN4O3/c1-11-22-18(28-24-11)14-9-12-8-13(20)10-15(21)16(12)23-17(14)25-4-2-19(3-5-25)26-6-7-27-19/h8-10H,2-7H2,1H3. The highest BCUT2D eigenvalue weighted by atomic mass is 35.5. The number of pyridine rings is 1. The number of rotatable bonds is 2. The smallest absolute Gasteiger partial charge is 0.261 e. The molecule has 2 aliphatic heterocycles. The van der Waals surface area contributed by atoms with E-state index in [0.29, 0.717) is 72.7 Å². The molecule has 0 unspecified atom stereocenters. The molecule has 146 valence electrons. The third kappa shape index (κ3) is 3.01. The average Bonchev–Trinajstić information content (AvgIpc) is 3.31. The van der Waals surface area contributed by atoms with E-state index < -0.39 is 11.6 Å². The van der Waals surface area contributed by atoms with E-state index in [4.69, 9.17) is 25.6 Å². The van der Waals surface area contributed by atoms with E-state index >= 15 is 0 Å². The fourth-order valence-corrected chi connectivity index (χ4v) is 4.06.